The van der Waals surface area contributed by atoms with Crippen molar-refractivity contribution < 1.29 is 13.6 Å². The first-order valence-corrected chi connectivity index (χ1v) is 8.29. The molecule has 5 nitrogen and oxygen atoms in total. The zero-order valence-electron chi connectivity index (χ0n) is 14.4. The maximum Gasteiger partial charge on any atom is 0.258 e. The molecule has 1 aliphatic rings. The second kappa shape index (κ2) is 6.54. The van der Waals surface area contributed by atoms with E-state index < -0.39 is 11.7 Å². The van der Waals surface area contributed by atoms with Gasteiger partial charge >= 0.3 is 0 Å². The highest BCUT2D eigenvalue weighted by Gasteiger charge is 2.21. The number of amides is 1. The van der Waals surface area contributed by atoms with Gasteiger partial charge in [-0.2, -0.15) is 5.26 Å². The molecule has 132 valence electrons. The quantitative estimate of drug-likeness (QED) is 0.761. The van der Waals surface area contributed by atoms with Crippen molar-refractivity contribution in [2.75, 3.05) is 5.32 Å². The third-order valence-corrected chi connectivity index (χ3v) is 4.59. The molecule has 1 aliphatic heterocycles. The van der Waals surface area contributed by atoms with Gasteiger partial charge in [0.05, 0.1) is 42.0 Å². The molecule has 3 aromatic rings. The summed E-state index contributed by atoms with van der Waals surface area (Å²) in [6.45, 7) is 2.12. The number of aliphatic imine (C=N–C) groups is 1. The number of carbonyl (C=O) groups is 1. The fourth-order valence-corrected chi connectivity index (χ4v) is 3.18. The second-order valence-corrected chi connectivity index (χ2v) is 6.21. The minimum absolute atomic E-state index is 0.127. The van der Waals surface area contributed by atoms with Gasteiger partial charge in [-0.1, -0.05) is 6.07 Å². The Morgan fingerprint density at radius 1 is 1.30 bits per heavy atom. The van der Waals surface area contributed by atoms with E-state index in [9.17, 15) is 9.18 Å². The van der Waals surface area contributed by atoms with E-state index in [1.54, 1.807) is 25.5 Å². The molecule has 2 heterocycles. The minimum atomic E-state index is -0.661. The molecule has 0 spiro atoms. The number of benzene rings is 2. The first-order chi connectivity index (χ1) is 13.1. The predicted molar refractivity (Wildman–Crippen MR) is 98.3 cm³/mol. The Balaban J connectivity index is 1.66. The van der Waals surface area contributed by atoms with Crippen LogP contribution in [0.4, 0.5) is 10.1 Å². The van der Waals surface area contributed by atoms with E-state index in [0.717, 1.165) is 28.5 Å². The van der Waals surface area contributed by atoms with Gasteiger partial charge in [-0.05, 0) is 48.4 Å². The summed E-state index contributed by atoms with van der Waals surface area (Å²) in [7, 11) is 0. The lowest BCUT2D eigenvalue weighted by Crippen LogP contribution is -2.16. The van der Waals surface area contributed by atoms with Crippen LogP contribution >= 0.6 is 0 Å². The molecule has 1 N–H and O–H groups in total. The van der Waals surface area contributed by atoms with E-state index in [1.165, 1.54) is 6.07 Å². The van der Waals surface area contributed by atoms with E-state index in [4.69, 9.17) is 9.68 Å². The molecule has 0 unspecified atom stereocenters. The topological polar surface area (TPSA) is 78.4 Å². The lowest BCUT2D eigenvalue weighted by Gasteiger charge is -2.11. The first kappa shape index (κ1) is 16.7. The van der Waals surface area contributed by atoms with Gasteiger partial charge in [0.1, 0.15) is 5.82 Å². The summed E-state index contributed by atoms with van der Waals surface area (Å²) >= 11 is 0. The fraction of sp³-hybridized carbons (Fsp3) is 0.0952. The van der Waals surface area contributed by atoms with Crippen molar-refractivity contribution in [3.63, 3.8) is 0 Å². The van der Waals surface area contributed by atoms with Crippen molar-refractivity contribution in [1.29, 1.82) is 5.26 Å². The van der Waals surface area contributed by atoms with Gasteiger partial charge in [-0.3, -0.25) is 9.79 Å². The van der Waals surface area contributed by atoms with Gasteiger partial charge in [0.15, 0.2) is 0 Å². The molecule has 0 fully saturated rings. The Morgan fingerprint density at radius 3 is 2.89 bits per heavy atom. The lowest BCUT2D eigenvalue weighted by atomic mass is 10.00. The van der Waals surface area contributed by atoms with Gasteiger partial charge in [-0.15, -0.1) is 0 Å². The zero-order chi connectivity index (χ0) is 19.0. The maximum atomic E-state index is 14.2. The van der Waals surface area contributed by atoms with Gasteiger partial charge < -0.3 is 9.73 Å². The number of halogens is 1. The number of hydrogen-bond acceptors (Lipinski definition) is 4. The van der Waals surface area contributed by atoms with Crippen molar-refractivity contribution in [1.82, 2.24) is 0 Å². The van der Waals surface area contributed by atoms with Gasteiger partial charge in [0, 0.05) is 16.8 Å². The molecule has 4 rings (SSSR count). The van der Waals surface area contributed by atoms with Crippen molar-refractivity contribution in [3.8, 4) is 6.07 Å². The van der Waals surface area contributed by atoms with Gasteiger partial charge in [0.2, 0.25) is 0 Å². The Hall–Kier alpha value is -3.72. The van der Waals surface area contributed by atoms with Crippen LogP contribution in [0.15, 0.2) is 58.3 Å². The van der Waals surface area contributed by atoms with Crippen LogP contribution < -0.4 is 5.32 Å². The third-order valence-electron chi connectivity index (χ3n) is 4.59. The summed E-state index contributed by atoms with van der Waals surface area (Å²) in [6.07, 6.45) is 3.19. The molecule has 0 atom stereocenters. The van der Waals surface area contributed by atoms with E-state index in [2.05, 4.69) is 10.3 Å². The fourth-order valence-electron chi connectivity index (χ4n) is 3.18. The smallest absolute Gasteiger partial charge is 0.258 e. The van der Waals surface area contributed by atoms with Crippen molar-refractivity contribution in [3.05, 3.63) is 88.1 Å². The number of nitrogens with one attached hydrogen (secondary N) is 1. The molecule has 0 saturated heterocycles. The first-order valence-electron chi connectivity index (χ1n) is 8.29. The lowest BCUT2D eigenvalue weighted by molar-refractivity contribution is 0.102. The Bertz CT molecular complexity index is 1130. The standard InChI is InChI=1S/C21H14FN3O2/c1-12-13(9-23)3-5-18(22)19(12)21(26)25-16-4-2-14-10-24-20(17(14)8-16)15-6-7-27-11-15/h2-8,11H,10H2,1H3,(H,25,26). The number of anilines is 1. The number of carbonyl (C=O) groups excluding carboxylic acids is 1. The highest BCUT2D eigenvalue weighted by molar-refractivity contribution is 6.16. The molecule has 0 radical (unpaired) electrons. The number of fused-ring (bicyclic) bond motifs is 1. The molecule has 0 bridgehead atoms. The summed E-state index contributed by atoms with van der Waals surface area (Å²) in [5, 5.41) is 11.8. The van der Waals surface area contributed by atoms with Crippen LogP contribution in [-0.4, -0.2) is 11.6 Å². The number of rotatable bonds is 3. The predicted octanol–water partition coefficient (Wildman–Crippen LogP) is 4.20. The number of nitriles is 1. The van der Waals surface area contributed by atoms with Crippen molar-refractivity contribution in [2.45, 2.75) is 13.5 Å². The Kier molecular flexibility index (Phi) is 4.05. The number of furan rings is 1. The monoisotopic (exact) mass is 359 g/mol. The molecule has 6 heteroatoms. The average Bonchev–Trinajstić information content (AvgIpc) is 3.31. The molecular formula is C21H14FN3O2. The molecule has 1 amide bonds. The largest absolute Gasteiger partial charge is 0.472 e. The second-order valence-electron chi connectivity index (χ2n) is 6.21. The van der Waals surface area contributed by atoms with Gasteiger partial charge in [-0.25, -0.2) is 4.39 Å². The third kappa shape index (κ3) is 2.89. The van der Waals surface area contributed by atoms with E-state index in [1.807, 2.05) is 24.3 Å². The molecule has 2 aromatic carbocycles. The van der Waals surface area contributed by atoms with Crippen LogP contribution in [0.25, 0.3) is 0 Å². The van der Waals surface area contributed by atoms with Crippen LogP contribution in [0.2, 0.25) is 0 Å². The molecular weight excluding hydrogens is 345 g/mol. The SMILES string of the molecule is Cc1c(C#N)ccc(F)c1C(=O)Nc1ccc2c(c1)C(c1ccoc1)=NC2. The maximum absolute atomic E-state index is 14.2. The Labute approximate surface area is 154 Å². The van der Waals surface area contributed by atoms with E-state index in [-0.39, 0.29) is 11.1 Å². The van der Waals surface area contributed by atoms with Crippen molar-refractivity contribution in [2.24, 2.45) is 4.99 Å². The summed E-state index contributed by atoms with van der Waals surface area (Å²) in [4.78, 5) is 17.2. The van der Waals surface area contributed by atoms with Gasteiger partial charge in [0.25, 0.3) is 5.91 Å². The van der Waals surface area contributed by atoms with Crippen LogP contribution in [-0.2, 0) is 6.54 Å². The van der Waals surface area contributed by atoms with Crippen LogP contribution in [0.5, 0.6) is 0 Å². The van der Waals surface area contributed by atoms with Crippen LogP contribution in [0.3, 0.4) is 0 Å². The van der Waals surface area contributed by atoms with Crippen LogP contribution in [0.1, 0.15) is 38.2 Å². The summed E-state index contributed by atoms with van der Waals surface area (Å²) in [5.74, 6) is -1.26. The average molecular weight is 359 g/mol. The number of hydrogen-bond donors (Lipinski definition) is 1. The molecule has 0 saturated carbocycles. The van der Waals surface area contributed by atoms with Crippen LogP contribution in [0, 0.1) is 24.1 Å². The minimum Gasteiger partial charge on any atom is -0.472 e. The summed E-state index contributed by atoms with van der Waals surface area (Å²) < 4.78 is 19.3. The Morgan fingerprint density at radius 2 is 2.15 bits per heavy atom. The molecule has 1 aromatic heterocycles. The molecule has 0 aliphatic carbocycles. The molecule has 27 heavy (non-hydrogen) atoms. The van der Waals surface area contributed by atoms with E-state index >= 15 is 0 Å². The summed E-state index contributed by atoms with van der Waals surface area (Å²) in [6, 6.07) is 11.7. The zero-order valence-corrected chi connectivity index (χ0v) is 14.4. The summed E-state index contributed by atoms with van der Waals surface area (Å²) in [5.41, 5.74) is 4.58. The van der Waals surface area contributed by atoms with E-state index in [0.29, 0.717) is 17.8 Å². The number of nitrogens with zero attached hydrogens (tertiary/aromatic N) is 2. The van der Waals surface area contributed by atoms with Crippen molar-refractivity contribution >= 4 is 17.3 Å². The highest BCUT2D eigenvalue weighted by Crippen LogP contribution is 2.27. The normalized spacial score (nSPS) is 12.3. The highest BCUT2D eigenvalue weighted by atomic mass is 19.1.